The van der Waals surface area contributed by atoms with Gasteiger partial charge in [-0.15, -0.1) is 0 Å². The lowest BCUT2D eigenvalue weighted by Crippen LogP contribution is -2.44. The lowest BCUT2D eigenvalue weighted by Gasteiger charge is -2.33. The van der Waals surface area contributed by atoms with E-state index in [0.29, 0.717) is 5.92 Å². The first-order valence-corrected chi connectivity index (χ1v) is 9.31. The van der Waals surface area contributed by atoms with E-state index in [1.54, 1.807) is 0 Å². The van der Waals surface area contributed by atoms with Gasteiger partial charge in [-0.1, -0.05) is 13.5 Å². The minimum absolute atomic E-state index is 0.0241. The number of carbonyl (C=O) groups is 1. The van der Waals surface area contributed by atoms with Crippen LogP contribution in [0.4, 0.5) is 5.69 Å². The molecule has 5 heteroatoms. The van der Waals surface area contributed by atoms with Crippen LogP contribution in [-0.4, -0.2) is 39.9 Å². The lowest BCUT2D eigenvalue weighted by molar-refractivity contribution is -0.127. The molecule has 1 saturated carbocycles. The van der Waals surface area contributed by atoms with Crippen molar-refractivity contribution in [3.05, 3.63) is 36.7 Å². The van der Waals surface area contributed by atoms with Crippen molar-refractivity contribution in [1.82, 2.24) is 14.9 Å². The van der Waals surface area contributed by atoms with E-state index in [2.05, 4.69) is 41.1 Å². The second-order valence-corrected chi connectivity index (χ2v) is 7.42. The molecule has 1 amide bonds. The van der Waals surface area contributed by atoms with Crippen molar-refractivity contribution >= 4 is 22.6 Å². The Morgan fingerprint density at radius 1 is 1.48 bits per heavy atom. The molecule has 0 aromatic carbocycles. The number of likely N-dealkylation sites (tertiary alicyclic amines) is 1. The number of piperidine rings is 1. The number of aromatic amines is 1. The minimum Gasteiger partial charge on any atom is -0.380 e. The van der Waals surface area contributed by atoms with Crippen molar-refractivity contribution < 1.29 is 4.79 Å². The molecule has 2 fully saturated rings. The first kappa shape index (κ1) is 16.2. The summed E-state index contributed by atoms with van der Waals surface area (Å²) in [5.74, 6) is 1.39. The Balaban J connectivity index is 1.59. The van der Waals surface area contributed by atoms with E-state index >= 15 is 0 Å². The van der Waals surface area contributed by atoms with Crippen LogP contribution in [0, 0.1) is 5.92 Å². The molecule has 2 aliphatic rings. The summed E-state index contributed by atoms with van der Waals surface area (Å²) in [6.07, 6.45) is 10.1. The van der Waals surface area contributed by atoms with Gasteiger partial charge in [0.15, 0.2) is 0 Å². The number of fused-ring (bicyclic) bond motifs is 1. The molecule has 25 heavy (non-hydrogen) atoms. The molecule has 4 rings (SSSR count). The molecule has 2 aromatic heterocycles. The standard InChI is InChI=1S/C20H26N4O/c1-3-18(25)24-10-4-5-15(12-24)23-17-8-9-21-20-19(17)16(11-22-20)13(2)14-6-7-14/h3,8-9,11,13-15H,1,4-7,10,12H2,2H3,(H2,21,22,23)/t13?,15-/m1/s1. The zero-order valence-corrected chi connectivity index (χ0v) is 14.8. The number of aromatic nitrogens is 2. The smallest absolute Gasteiger partial charge is 0.246 e. The minimum atomic E-state index is 0.0241. The number of rotatable bonds is 5. The molecule has 1 aliphatic heterocycles. The monoisotopic (exact) mass is 338 g/mol. The highest BCUT2D eigenvalue weighted by atomic mass is 16.2. The normalized spacial score (nSPS) is 22.0. The lowest BCUT2D eigenvalue weighted by atomic mass is 9.95. The van der Waals surface area contributed by atoms with Crippen molar-refractivity contribution in [2.75, 3.05) is 18.4 Å². The second kappa shape index (κ2) is 6.54. The van der Waals surface area contributed by atoms with Gasteiger partial charge < -0.3 is 15.2 Å². The fourth-order valence-corrected chi connectivity index (χ4v) is 4.06. The predicted octanol–water partition coefficient (Wildman–Crippen LogP) is 3.67. The van der Waals surface area contributed by atoms with Crippen molar-refractivity contribution in [2.24, 2.45) is 5.92 Å². The van der Waals surface area contributed by atoms with Crippen molar-refractivity contribution in [2.45, 2.75) is 44.6 Å². The van der Waals surface area contributed by atoms with Gasteiger partial charge in [-0.2, -0.15) is 0 Å². The van der Waals surface area contributed by atoms with Gasteiger partial charge >= 0.3 is 0 Å². The van der Waals surface area contributed by atoms with Crippen LogP contribution in [0.3, 0.4) is 0 Å². The third kappa shape index (κ3) is 3.15. The highest BCUT2D eigenvalue weighted by molar-refractivity contribution is 5.93. The Hall–Kier alpha value is -2.30. The molecule has 0 spiro atoms. The van der Waals surface area contributed by atoms with Gasteiger partial charge in [-0.25, -0.2) is 4.98 Å². The average molecular weight is 338 g/mol. The summed E-state index contributed by atoms with van der Waals surface area (Å²) in [5, 5.41) is 4.90. The first-order chi connectivity index (χ1) is 12.2. The fourth-order valence-electron chi connectivity index (χ4n) is 4.06. The molecule has 0 radical (unpaired) electrons. The first-order valence-electron chi connectivity index (χ1n) is 9.31. The van der Waals surface area contributed by atoms with Crippen molar-refractivity contribution in [3.8, 4) is 0 Å². The van der Waals surface area contributed by atoms with Gasteiger partial charge in [-0.05, 0) is 55.2 Å². The topological polar surface area (TPSA) is 61.0 Å². The van der Waals surface area contributed by atoms with E-state index in [0.717, 1.165) is 43.2 Å². The highest BCUT2D eigenvalue weighted by Gasteiger charge is 2.31. The number of pyridine rings is 1. The molecule has 0 bridgehead atoms. The molecule has 2 atom stereocenters. The number of H-pyrrole nitrogens is 1. The van der Waals surface area contributed by atoms with E-state index < -0.39 is 0 Å². The summed E-state index contributed by atoms with van der Waals surface area (Å²) < 4.78 is 0. The molecule has 3 heterocycles. The number of hydrogen-bond acceptors (Lipinski definition) is 3. The van der Waals surface area contributed by atoms with Gasteiger partial charge in [0, 0.05) is 42.6 Å². The summed E-state index contributed by atoms with van der Waals surface area (Å²) in [5.41, 5.74) is 3.44. The number of nitrogens with zero attached hydrogens (tertiary/aromatic N) is 2. The largest absolute Gasteiger partial charge is 0.380 e. The van der Waals surface area contributed by atoms with Crippen LogP contribution >= 0.6 is 0 Å². The third-order valence-electron chi connectivity index (χ3n) is 5.69. The zero-order valence-electron chi connectivity index (χ0n) is 14.8. The number of hydrogen-bond donors (Lipinski definition) is 2. The van der Waals surface area contributed by atoms with Crippen molar-refractivity contribution in [1.29, 1.82) is 0 Å². The Morgan fingerprint density at radius 3 is 3.08 bits per heavy atom. The van der Waals surface area contributed by atoms with Crippen LogP contribution in [-0.2, 0) is 4.79 Å². The summed E-state index contributed by atoms with van der Waals surface area (Å²) in [6, 6.07) is 2.33. The molecule has 2 N–H and O–H groups in total. The Kier molecular flexibility index (Phi) is 4.24. The van der Waals surface area contributed by atoms with Crippen LogP contribution in [0.1, 0.15) is 44.1 Å². The number of anilines is 1. The molecule has 5 nitrogen and oxygen atoms in total. The number of amides is 1. The van der Waals surface area contributed by atoms with E-state index in [1.807, 2.05) is 11.1 Å². The Labute approximate surface area is 148 Å². The predicted molar refractivity (Wildman–Crippen MR) is 101 cm³/mol. The van der Waals surface area contributed by atoms with Gasteiger partial charge in [-0.3, -0.25) is 4.79 Å². The van der Waals surface area contributed by atoms with Crippen LogP contribution in [0.2, 0.25) is 0 Å². The molecule has 1 saturated heterocycles. The third-order valence-corrected chi connectivity index (χ3v) is 5.69. The summed E-state index contributed by atoms with van der Waals surface area (Å²) in [7, 11) is 0. The van der Waals surface area contributed by atoms with Crippen LogP contribution in [0.25, 0.3) is 11.0 Å². The van der Waals surface area contributed by atoms with E-state index in [9.17, 15) is 4.79 Å². The van der Waals surface area contributed by atoms with Gasteiger partial charge in [0.25, 0.3) is 0 Å². The van der Waals surface area contributed by atoms with Crippen molar-refractivity contribution in [3.63, 3.8) is 0 Å². The highest BCUT2D eigenvalue weighted by Crippen LogP contribution is 2.45. The molecule has 2 aromatic rings. The van der Waals surface area contributed by atoms with E-state index in [-0.39, 0.29) is 11.9 Å². The fraction of sp³-hybridized carbons (Fsp3) is 0.500. The van der Waals surface area contributed by atoms with Gasteiger partial charge in [0.1, 0.15) is 5.65 Å². The average Bonchev–Trinajstić information content (AvgIpc) is 3.40. The van der Waals surface area contributed by atoms with Gasteiger partial charge in [0.05, 0.1) is 0 Å². The molecule has 1 aliphatic carbocycles. The maximum Gasteiger partial charge on any atom is 0.246 e. The molecular formula is C20H26N4O. The summed E-state index contributed by atoms with van der Waals surface area (Å²) >= 11 is 0. The zero-order chi connectivity index (χ0) is 17.4. The summed E-state index contributed by atoms with van der Waals surface area (Å²) in [4.78, 5) is 21.7. The van der Waals surface area contributed by atoms with Crippen LogP contribution < -0.4 is 5.32 Å². The number of nitrogens with one attached hydrogen (secondary N) is 2. The Morgan fingerprint density at radius 2 is 2.32 bits per heavy atom. The number of carbonyl (C=O) groups excluding carboxylic acids is 1. The SMILES string of the molecule is C=CC(=O)N1CCC[C@@H](Nc2ccnc3[nH]cc(C(C)C4CC4)c23)C1. The molecular weight excluding hydrogens is 312 g/mol. The maximum atomic E-state index is 11.9. The molecule has 132 valence electrons. The van der Waals surface area contributed by atoms with Crippen LogP contribution in [0.5, 0.6) is 0 Å². The van der Waals surface area contributed by atoms with E-state index in [4.69, 9.17) is 0 Å². The molecule has 1 unspecified atom stereocenters. The van der Waals surface area contributed by atoms with E-state index in [1.165, 1.54) is 29.9 Å². The Bertz CT molecular complexity index is 792. The van der Waals surface area contributed by atoms with Crippen LogP contribution in [0.15, 0.2) is 31.1 Å². The maximum absolute atomic E-state index is 11.9. The summed E-state index contributed by atoms with van der Waals surface area (Å²) in [6.45, 7) is 7.48. The quantitative estimate of drug-likeness (QED) is 0.818. The van der Waals surface area contributed by atoms with Gasteiger partial charge in [0.2, 0.25) is 5.91 Å². The second-order valence-electron chi connectivity index (χ2n) is 7.42.